The van der Waals surface area contributed by atoms with Gasteiger partial charge in [0.05, 0.1) is 13.7 Å². The van der Waals surface area contributed by atoms with Crippen LogP contribution in [0.3, 0.4) is 0 Å². The lowest BCUT2D eigenvalue weighted by atomic mass is 9.80. The molecule has 1 heterocycles. The van der Waals surface area contributed by atoms with Crippen LogP contribution in [0.25, 0.3) is 0 Å². The van der Waals surface area contributed by atoms with Gasteiger partial charge in [0, 0.05) is 6.04 Å². The molecule has 2 aliphatic rings. The minimum absolute atomic E-state index is 0.0182. The standard InChI is InChI=1S/C16H22N2O2/c1-10-6-13(7-10)18-15(19)9-17-16(18)12-4-5-14(20-3)11(2)8-12/h4-5,8,10,13,16-17H,6-7,9H2,1-3H3. The van der Waals surface area contributed by atoms with E-state index < -0.39 is 0 Å². The van der Waals surface area contributed by atoms with Crippen molar-refractivity contribution in [3.8, 4) is 5.75 Å². The minimum atomic E-state index is 0.0182. The molecule has 2 fully saturated rings. The molecule has 0 aromatic heterocycles. The number of carbonyl (C=O) groups is 1. The molecule has 4 heteroatoms. The van der Waals surface area contributed by atoms with Crippen LogP contribution in [0.4, 0.5) is 0 Å². The predicted molar refractivity (Wildman–Crippen MR) is 77.5 cm³/mol. The van der Waals surface area contributed by atoms with Crippen LogP contribution in [-0.4, -0.2) is 30.5 Å². The second kappa shape index (κ2) is 5.09. The van der Waals surface area contributed by atoms with E-state index in [2.05, 4.69) is 24.4 Å². The van der Waals surface area contributed by atoms with E-state index >= 15 is 0 Å². The Labute approximate surface area is 120 Å². The van der Waals surface area contributed by atoms with Gasteiger partial charge in [-0.15, -0.1) is 0 Å². The third-order valence-corrected chi connectivity index (χ3v) is 4.49. The number of hydrogen-bond donors (Lipinski definition) is 1. The second-order valence-corrected chi connectivity index (χ2v) is 6.04. The number of nitrogens with zero attached hydrogens (tertiary/aromatic N) is 1. The van der Waals surface area contributed by atoms with Crippen molar-refractivity contribution < 1.29 is 9.53 Å². The SMILES string of the molecule is COc1ccc(C2NCC(=O)N2C2CC(C)C2)cc1C. The number of nitrogens with one attached hydrogen (secondary N) is 1. The number of hydrogen-bond acceptors (Lipinski definition) is 3. The fourth-order valence-corrected chi connectivity index (χ4v) is 3.37. The van der Waals surface area contributed by atoms with Gasteiger partial charge in [-0.25, -0.2) is 0 Å². The normalized spacial score (nSPS) is 29.4. The molecular formula is C16H22N2O2. The second-order valence-electron chi connectivity index (χ2n) is 6.04. The first-order valence-electron chi connectivity index (χ1n) is 7.29. The van der Waals surface area contributed by atoms with Crippen LogP contribution in [0.2, 0.25) is 0 Å². The first-order chi connectivity index (χ1) is 9.60. The highest BCUT2D eigenvalue weighted by Gasteiger charge is 2.41. The van der Waals surface area contributed by atoms with Crippen LogP contribution in [-0.2, 0) is 4.79 Å². The lowest BCUT2D eigenvalue weighted by Crippen LogP contribution is -2.46. The molecule has 0 bridgehead atoms. The average molecular weight is 274 g/mol. The molecule has 0 radical (unpaired) electrons. The maximum absolute atomic E-state index is 12.1. The molecule has 4 nitrogen and oxygen atoms in total. The summed E-state index contributed by atoms with van der Waals surface area (Å²) in [7, 11) is 1.68. The molecule has 0 spiro atoms. The van der Waals surface area contributed by atoms with E-state index in [0.29, 0.717) is 12.6 Å². The first kappa shape index (κ1) is 13.4. The van der Waals surface area contributed by atoms with Crippen molar-refractivity contribution in [1.29, 1.82) is 0 Å². The molecule has 1 amide bonds. The zero-order chi connectivity index (χ0) is 14.3. The van der Waals surface area contributed by atoms with E-state index in [1.54, 1.807) is 7.11 Å². The Hall–Kier alpha value is -1.55. The van der Waals surface area contributed by atoms with E-state index in [1.165, 1.54) is 0 Å². The van der Waals surface area contributed by atoms with Gasteiger partial charge in [0.2, 0.25) is 5.91 Å². The van der Waals surface area contributed by atoms with E-state index in [1.807, 2.05) is 17.9 Å². The summed E-state index contributed by atoms with van der Waals surface area (Å²) in [6.45, 7) is 4.73. The average Bonchev–Trinajstić information content (AvgIpc) is 2.76. The van der Waals surface area contributed by atoms with Crippen molar-refractivity contribution in [3.05, 3.63) is 29.3 Å². The molecule has 1 aromatic carbocycles. The highest BCUT2D eigenvalue weighted by Crippen LogP contribution is 2.37. The minimum Gasteiger partial charge on any atom is -0.496 e. The van der Waals surface area contributed by atoms with Gasteiger partial charge in [0.15, 0.2) is 0 Å². The predicted octanol–water partition coefficient (Wildman–Crippen LogP) is 2.23. The lowest BCUT2D eigenvalue weighted by Gasteiger charge is -2.42. The number of benzene rings is 1. The monoisotopic (exact) mass is 274 g/mol. The number of ether oxygens (including phenoxy) is 1. The first-order valence-corrected chi connectivity index (χ1v) is 7.29. The lowest BCUT2D eigenvalue weighted by molar-refractivity contribution is -0.133. The number of carbonyl (C=O) groups excluding carboxylic acids is 1. The zero-order valence-corrected chi connectivity index (χ0v) is 12.3. The summed E-state index contributed by atoms with van der Waals surface area (Å²) in [6.07, 6.45) is 2.27. The summed E-state index contributed by atoms with van der Waals surface area (Å²) < 4.78 is 5.30. The molecule has 1 aliphatic carbocycles. The van der Waals surface area contributed by atoms with Crippen LogP contribution in [0.1, 0.15) is 37.1 Å². The Balaban J connectivity index is 1.84. The summed E-state index contributed by atoms with van der Waals surface area (Å²) in [5, 5.41) is 3.34. The largest absolute Gasteiger partial charge is 0.496 e. The van der Waals surface area contributed by atoms with E-state index in [9.17, 15) is 4.79 Å². The zero-order valence-electron chi connectivity index (χ0n) is 12.3. The molecule has 1 aliphatic heterocycles. The number of methoxy groups -OCH3 is 1. The van der Waals surface area contributed by atoms with Crippen LogP contribution < -0.4 is 10.1 Å². The molecular weight excluding hydrogens is 252 g/mol. The highest BCUT2D eigenvalue weighted by atomic mass is 16.5. The molecule has 1 aromatic rings. The van der Waals surface area contributed by atoms with E-state index in [-0.39, 0.29) is 12.1 Å². The molecule has 1 saturated heterocycles. The molecule has 108 valence electrons. The maximum atomic E-state index is 12.1. The van der Waals surface area contributed by atoms with Crippen LogP contribution >= 0.6 is 0 Å². The highest BCUT2D eigenvalue weighted by molar-refractivity contribution is 5.81. The van der Waals surface area contributed by atoms with E-state index in [0.717, 1.165) is 35.6 Å². The Morgan fingerprint density at radius 3 is 2.70 bits per heavy atom. The fraction of sp³-hybridized carbons (Fsp3) is 0.562. The maximum Gasteiger partial charge on any atom is 0.238 e. The van der Waals surface area contributed by atoms with Gasteiger partial charge >= 0.3 is 0 Å². The molecule has 3 rings (SSSR count). The summed E-state index contributed by atoms with van der Waals surface area (Å²) in [5.41, 5.74) is 2.25. The Bertz CT molecular complexity index is 523. The Morgan fingerprint density at radius 2 is 2.10 bits per heavy atom. The number of rotatable bonds is 3. The topological polar surface area (TPSA) is 41.6 Å². The van der Waals surface area contributed by atoms with Crippen molar-refractivity contribution in [2.45, 2.75) is 38.9 Å². The summed E-state index contributed by atoms with van der Waals surface area (Å²) >= 11 is 0. The summed E-state index contributed by atoms with van der Waals surface area (Å²) in [6, 6.07) is 6.55. The Morgan fingerprint density at radius 1 is 1.35 bits per heavy atom. The van der Waals surface area contributed by atoms with Crippen LogP contribution in [0.5, 0.6) is 5.75 Å². The Kier molecular flexibility index (Phi) is 3.42. The smallest absolute Gasteiger partial charge is 0.238 e. The van der Waals surface area contributed by atoms with Gasteiger partial charge in [-0.1, -0.05) is 13.0 Å². The number of amides is 1. The molecule has 1 atom stereocenters. The quantitative estimate of drug-likeness (QED) is 0.919. The van der Waals surface area contributed by atoms with Gasteiger partial charge in [-0.2, -0.15) is 0 Å². The van der Waals surface area contributed by atoms with Crippen molar-refractivity contribution in [2.75, 3.05) is 13.7 Å². The van der Waals surface area contributed by atoms with Crippen molar-refractivity contribution in [2.24, 2.45) is 5.92 Å². The number of aryl methyl sites for hydroxylation is 1. The summed E-state index contributed by atoms with van der Waals surface area (Å²) in [5.74, 6) is 1.86. The molecule has 1 saturated carbocycles. The van der Waals surface area contributed by atoms with Crippen molar-refractivity contribution >= 4 is 5.91 Å². The fourth-order valence-electron chi connectivity index (χ4n) is 3.37. The third-order valence-electron chi connectivity index (χ3n) is 4.49. The molecule has 20 heavy (non-hydrogen) atoms. The van der Waals surface area contributed by atoms with Gasteiger partial charge < -0.3 is 9.64 Å². The molecule has 1 N–H and O–H groups in total. The van der Waals surface area contributed by atoms with Crippen molar-refractivity contribution in [1.82, 2.24) is 10.2 Å². The van der Waals surface area contributed by atoms with Gasteiger partial charge in [-0.3, -0.25) is 10.1 Å². The summed E-state index contributed by atoms with van der Waals surface area (Å²) in [4.78, 5) is 14.2. The van der Waals surface area contributed by atoms with Gasteiger partial charge in [-0.05, 0) is 48.9 Å². The van der Waals surface area contributed by atoms with Crippen LogP contribution in [0.15, 0.2) is 18.2 Å². The molecule has 1 unspecified atom stereocenters. The van der Waals surface area contributed by atoms with E-state index in [4.69, 9.17) is 4.74 Å². The van der Waals surface area contributed by atoms with Crippen LogP contribution in [0, 0.1) is 12.8 Å². The third kappa shape index (κ3) is 2.18. The van der Waals surface area contributed by atoms with Gasteiger partial charge in [0.25, 0.3) is 0 Å². The van der Waals surface area contributed by atoms with Crippen molar-refractivity contribution in [3.63, 3.8) is 0 Å². The van der Waals surface area contributed by atoms with Gasteiger partial charge in [0.1, 0.15) is 11.9 Å².